The number of thiophene rings is 3. The highest BCUT2D eigenvalue weighted by atomic mass is 32.1. The summed E-state index contributed by atoms with van der Waals surface area (Å²) in [7, 11) is 0. The van der Waals surface area contributed by atoms with Crippen LogP contribution < -0.4 is 0 Å². The summed E-state index contributed by atoms with van der Waals surface area (Å²) in [6.07, 6.45) is 0. The number of nitrogens with zero attached hydrogens (tertiary/aromatic N) is 3. The van der Waals surface area contributed by atoms with Crippen molar-refractivity contribution >= 4 is 116 Å². The third-order valence-corrected chi connectivity index (χ3v) is 12.8. The average molecular weight is 640 g/mol. The monoisotopic (exact) mass is 639 g/mol. The Balaban J connectivity index is 1.30. The zero-order chi connectivity index (χ0) is 29.9. The van der Waals surface area contributed by atoms with Crippen LogP contribution in [-0.4, -0.2) is 14.5 Å². The summed E-state index contributed by atoms with van der Waals surface area (Å²) >= 11 is 5.51. The second kappa shape index (κ2) is 9.21. The van der Waals surface area contributed by atoms with Gasteiger partial charge in [0.2, 0.25) is 5.95 Å². The lowest BCUT2D eigenvalue weighted by Crippen LogP contribution is -2.02. The van der Waals surface area contributed by atoms with Gasteiger partial charge in [0.1, 0.15) is 0 Å². The van der Waals surface area contributed by atoms with E-state index in [0.717, 1.165) is 32.5 Å². The summed E-state index contributed by atoms with van der Waals surface area (Å²) in [5.41, 5.74) is 5.41. The highest BCUT2D eigenvalue weighted by molar-refractivity contribution is 7.27. The second-order valence-corrected chi connectivity index (χ2v) is 14.9. The molecule has 0 fully saturated rings. The summed E-state index contributed by atoms with van der Waals surface area (Å²) in [5, 5.41) is 8.83. The van der Waals surface area contributed by atoms with E-state index in [2.05, 4.69) is 132 Å². The zero-order valence-corrected chi connectivity index (χ0v) is 26.6. The lowest BCUT2D eigenvalue weighted by molar-refractivity contribution is 1.02. The Kier molecular flexibility index (Phi) is 5.02. The van der Waals surface area contributed by atoms with Gasteiger partial charge in [0.15, 0.2) is 0 Å². The normalized spacial score (nSPS) is 12.3. The van der Waals surface area contributed by atoms with E-state index in [1.165, 1.54) is 61.2 Å². The summed E-state index contributed by atoms with van der Waals surface area (Å²) in [4.78, 5) is 10.9. The Hall–Kier alpha value is -5.14. The maximum atomic E-state index is 5.52. The first-order valence-electron chi connectivity index (χ1n) is 15.3. The predicted octanol–water partition coefficient (Wildman–Crippen LogP) is 12.3. The fraction of sp³-hybridized carbons (Fsp3) is 0. The molecule has 0 saturated heterocycles. The van der Waals surface area contributed by atoms with Crippen molar-refractivity contribution in [2.45, 2.75) is 0 Å². The van der Waals surface area contributed by atoms with E-state index in [1.54, 1.807) is 11.3 Å². The molecule has 11 aromatic rings. The minimum atomic E-state index is 0.704. The molecule has 0 saturated carbocycles. The van der Waals surface area contributed by atoms with Crippen LogP contribution in [0.15, 0.2) is 127 Å². The van der Waals surface area contributed by atoms with E-state index in [4.69, 9.17) is 9.97 Å². The third-order valence-electron chi connectivity index (χ3n) is 9.25. The Labute approximate surface area is 274 Å². The van der Waals surface area contributed by atoms with Gasteiger partial charge in [-0.3, -0.25) is 4.57 Å². The molecule has 0 bridgehead atoms. The molecule has 0 aliphatic heterocycles. The van der Waals surface area contributed by atoms with Gasteiger partial charge < -0.3 is 0 Å². The van der Waals surface area contributed by atoms with Gasteiger partial charge in [-0.1, -0.05) is 97.1 Å². The summed E-state index contributed by atoms with van der Waals surface area (Å²) < 4.78 is 9.82. The summed E-state index contributed by atoms with van der Waals surface area (Å²) in [5.74, 6) is 0.704. The van der Waals surface area contributed by atoms with Crippen molar-refractivity contribution in [3.8, 4) is 17.2 Å². The molecule has 6 aromatic carbocycles. The van der Waals surface area contributed by atoms with E-state index in [-0.39, 0.29) is 0 Å². The molecule has 3 nitrogen and oxygen atoms in total. The molecule has 0 amide bonds. The first kappa shape index (κ1) is 25.1. The van der Waals surface area contributed by atoms with Crippen LogP contribution in [0.5, 0.6) is 0 Å². The summed E-state index contributed by atoms with van der Waals surface area (Å²) in [6, 6.07) is 46.0. The molecule has 46 heavy (non-hydrogen) atoms. The van der Waals surface area contributed by atoms with Gasteiger partial charge >= 0.3 is 0 Å². The van der Waals surface area contributed by atoms with Crippen LogP contribution in [0, 0.1) is 0 Å². The van der Waals surface area contributed by atoms with Crippen LogP contribution in [0.1, 0.15) is 0 Å². The molecule has 0 atom stereocenters. The Bertz CT molecular complexity index is 3050. The van der Waals surface area contributed by atoms with Crippen molar-refractivity contribution in [2.24, 2.45) is 0 Å². The van der Waals surface area contributed by atoms with Gasteiger partial charge in [-0.15, -0.1) is 34.0 Å². The Morgan fingerprint density at radius 1 is 0.413 bits per heavy atom. The molecule has 0 unspecified atom stereocenters. The maximum Gasteiger partial charge on any atom is 0.235 e. The van der Waals surface area contributed by atoms with Crippen LogP contribution in [-0.2, 0) is 0 Å². The summed E-state index contributed by atoms with van der Waals surface area (Å²) in [6.45, 7) is 0. The Morgan fingerprint density at radius 3 is 1.78 bits per heavy atom. The quantitative estimate of drug-likeness (QED) is 0.188. The van der Waals surface area contributed by atoms with Gasteiger partial charge in [-0.05, 0) is 30.3 Å². The van der Waals surface area contributed by atoms with Gasteiger partial charge in [-0.25, -0.2) is 9.97 Å². The molecular weight excluding hydrogens is 619 g/mol. The van der Waals surface area contributed by atoms with Gasteiger partial charge in [0.25, 0.3) is 0 Å². The molecule has 0 spiro atoms. The van der Waals surface area contributed by atoms with Crippen molar-refractivity contribution in [1.82, 2.24) is 14.5 Å². The molecule has 0 radical (unpaired) electrons. The van der Waals surface area contributed by atoms with E-state index in [9.17, 15) is 0 Å². The first-order chi connectivity index (χ1) is 22.8. The zero-order valence-electron chi connectivity index (χ0n) is 24.2. The van der Waals surface area contributed by atoms with Gasteiger partial charge in [0, 0.05) is 66.8 Å². The minimum absolute atomic E-state index is 0.704. The minimum Gasteiger partial charge on any atom is -0.278 e. The van der Waals surface area contributed by atoms with Gasteiger partial charge in [0.05, 0.1) is 26.9 Å². The van der Waals surface area contributed by atoms with E-state index < -0.39 is 0 Å². The predicted molar refractivity (Wildman–Crippen MR) is 200 cm³/mol. The number of rotatable bonds is 2. The number of hydrogen-bond donors (Lipinski definition) is 0. The number of benzene rings is 6. The van der Waals surface area contributed by atoms with Crippen molar-refractivity contribution in [2.75, 3.05) is 0 Å². The number of hydrogen-bond acceptors (Lipinski definition) is 5. The largest absolute Gasteiger partial charge is 0.278 e. The molecule has 0 aliphatic carbocycles. The van der Waals surface area contributed by atoms with E-state index in [0.29, 0.717) is 5.95 Å². The topological polar surface area (TPSA) is 30.7 Å². The maximum absolute atomic E-state index is 5.52. The highest BCUT2D eigenvalue weighted by Gasteiger charge is 2.23. The van der Waals surface area contributed by atoms with Gasteiger partial charge in [-0.2, -0.15) is 0 Å². The molecular formula is C40H21N3S3. The molecule has 5 aromatic heterocycles. The van der Waals surface area contributed by atoms with Crippen LogP contribution in [0.3, 0.4) is 0 Å². The molecule has 5 heterocycles. The lowest BCUT2D eigenvalue weighted by Gasteiger charge is -2.11. The molecule has 0 N–H and O–H groups in total. The SMILES string of the molecule is c1ccc2c(c1)sc1c(-c3nc(-n4c5ccccc5c5c6sc7ccccc7c6ccc54)nc4c3sc3ccccc34)cccc12. The van der Waals surface area contributed by atoms with E-state index in [1.807, 2.05) is 22.7 Å². The molecule has 0 aliphatic rings. The van der Waals surface area contributed by atoms with Crippen molar-refractivity contribution in [3.05, 3.63) is 127 Å². The number of aromatic nitrogens is 3. The molecule has 214 valence electrons. The van der Waals surface area contributed by atoms with Crippen LogP contribution in [0.4, 0.5) is 0 Å². The van der Waals surface area contributed by atoms with Crippen molar-refractivity contribution < 1.29 is 0 Å². The number of fused-ring (bicyclic) bond motifs is 13. The first-order valence-corrected chi connectivity index (χ1v) is 17.7. The number of para-hydroxylation sites is 1. The molecule has 6 heteroatoms. The lowest BCUT2D eigenvalue weighted by atomic mass is 10.1. The van der Waals surface area contributed by atoms with Crippen LogP contribution in [0.2, 0.25) is 0 Å². The van der Waals surface area contributed by atoms with Crippen molar-refractivity contribution in [1.29, 1.82) is 0 Å². The second-order valence-electron chi connectivity index (χ2n) is 11.7. The highest BCUT2D eigenvalue weighted by Crippen LogP contribution is 2.46. The molecule has 11 rings (SSSR count). The van der Waals surface area contributed by atoms with Crippen molar-refractivity contribution in [3.63, 3.8) is 0 Å². The van der Waals surface area contributed by atoms with E-state index >= 15 is 0 Å². The Morgan fingerprint density at radius 2 is 1.00 bits per heavy atom. The van der Waals surface area contributed by atoms with Crippen LogP contribution >= 0.6 is 34.0 Å². The van der Waals surface area contributed by atoms with Crippen LogP contribution in [0.25, 0.3) is 99.7 Å². The fourth-order valence-corrected chi connectivity index (χ4v) is 10.9. The average Bonchev–Trinajstić information content (AvgIpc) is 3.86. The standard InChI is InChI=1S/C40H21N3S3/c1-5-16-29-26(12-1)34-30(21-20-25-23-11-3-7-18-32(23)45-38(25)34)43(29)40-41-35-27-13-4-8-19-33(27)46-39(35)36(42-40)28-15-9-14-24-22-10-2-6-17-31(22)44-37(24)28/h1-21H. The smallest absolute Gasteiger partial charge is 0.235 e. The fourth-order valence-electron chi connectivity index (χ4n) is 7.25. The third kappa shape index (κ3) is 3.30.